The average Bonchev–Trinajstić information content (AvgIpc) is 2.73. The molecule has 0 unspecified atom stereocenters. The second kappa shape index (κ2) is 7.47. The smallest absolute Gasteiger partial charge is 0.306 e. The molecule has 6 nitrogen and oxygen atoms in total. The van der Waals surface area contributed by atoms with Gasteiger partial charge in [0, 0.05) is 32.6 Å². The lowest BCUT2D eigenvalue weighted by Crippen LogP contribution is -2.26. The molecule has 0 saturated carbocycles. The van der Waals surface area contributed by atoms with Gasteiger partial charge in [-0.2, -0.15) is 5.10 Å². The van der Waals surface area contributed by atoms with Crippen LogP contribution in [0.5, 0.6) is 0 Å². The second-order valence-electron chi connectivity index (χ2n) is 3.89. The molecule has 6 heteroatoms. The fourth-order valence-electron chi connectivity index (χ4n) is 1.46. The van der Waals surface area contributed by atoms with Gasteiger partial charge in [0.25, 0.3) is 0 Å². The van der Waals surface area contributed by atoms with Crippen LogP contribution in [-0.2, 0) is 27.8 Å². The van der Waals surface area contributed by atoms with Crippen molar-refractivity contribution in [2.75, 3.05) is 13.2 Å². The quantitative estimate of drug-likeness (QED) is 0.715. The van der Waals surface area contributed by atoms with E-state index in [1.165, 1.54) is 0 Å². The third kappa shape index (κ3) is 5.47. The number of aryl methyl sites for hydroxylation is 1. The van der Waals surface area contributed by atoms with E-state index in [0.717, 1.165) is 5.69 Å². The number of carbonyl (C=O) groups is 2. The van der Waals surface area contributed by atoms with Gasteiger partial charge in [-0.15, -0.1) is 0 Å². The van der Waals surface area contributed by atoms with Gasteiger partial charge >= 0.3 is 5.97 Å². The number of amides is 1. The molecule has 0 aliphatic carbocycles. The van der Waals surface area contributed by atoms with Crippen molar-refractivity contribution in [3.63, 3.8) is 0 Å². The van der Waals surface area contributed by atoms with Gasteiger partial charge < -0.3 is 10.1 Å². The maximum atomic E-state index is 11.4. The number of carbonyl (C=O) groups excluding carboxylic acids is 2. The molecule has 0 fully saturated rings. The first-order valence-corrected chi connectivity index (χ1v) is 6.02. The zero-order valence-electron chi connectivity index (χ0n) is 10.8. The Morgan fingerprint density at radius 3 is 2.83 bits per heavy atom. The van der Waals surface area contributed by atoms with Crippen LogP contribution in [-0.4, -0.2) is 34.8 Å². The zero-order chi connectivity index (χ0) is 13.4. The Kier molecular flexibility index (Phi) is 5.90. The number of esters is 1. The minimum atomic E-state index is -0.336. The van der Waals surface area contributed by atoms with Crippen molar-refractivity contribution in [3.05, 3.63) is 18.0 Å². The Hall–Kier alpha value is -1.85. The largest absolute Gasteiger partial charge is 0.466 e. The van der Waals surface area contributed by atoms with E-state index in [0.29, 0.717) is 19.6 Å². The van der Waals surface area contributed by atoms with Crippen LogP contribution in [0.4, 0.5) is 0 Å². The summed E-state index contributed by atoms with van der Waals surface area (Å²) >= 11 is 0. The van der Waals surface area contributed by atoms with Crippen molar-refractivity contribution >= 4 is 11.9 Å². The maximum absolute atomic E-state index is 11.4. The van der Waals surface area contributed by atoms with Crippen molar-refractivity contribution in [1.29, 1.82) is 0 Å². The number of hydrogen-bond donors (Lipinski definition) is 1. The molecule has 0 aromatic carbocycles. The summed E-state index contributed by atoms with van der Waals surface area (Å²) in [7, 11) is 1.85. The Balaban J connectivity index is 2.12. The van der Waals surface area contributed by atoms with E-state index < -0.39 is 0 Å². The summed E-state index contributed by atoms with van der Waals surface area (Å²) in [5.74, 6) is -0.476. The molecule has 0 atom stereocenters. The standard InChI is InChI=1S/C12H19N3O3/c1-3-18-12(17)5-4-11(16)13-8-6-10-7-9-15(2)14-10/h7,9H,3-6,8H2,1-2H3,(H,13,16). The predicted octanol–water partition coefficient (Wildman–Crippen LogP) is 0.422. The number of ether oxygens (including phenoxy) is 1. The van der Waals surface area contributed by atoms with E-state index in [9.17, 15) is 9.59 Å². The second-order valence-corrected chi connectivity index (χ2v) is 3.89. The highest BCUT2D eigenvalue weighted by molar-refractivity contribution is 5.81. The minimum absolute atomic E-state index is 0.128. The minimum Gasteiger partial charge on any atom is -0.466 e. The van der Waals surface area contributed by atoms with E-state index in [-0.39, 0.29) is 24.7 Å². The molecule has 0 saturated heterocycles. The summed E-state index contributed by atoms with van der Waals surface area (Å²) in [6, 6.07) is 1.91. The van der Waals surface area contributed by atoms with Crippen LogP contribution in [0.15, 0.2) is 12.3 Å². The highest BCUT2D eigenvalue weighted by Gasteiger charge is 2.07. The van der Waals surface area contributed by atoms with E-state index in [1.54, 1.807) is 11.6 Å². The third-order valence-electron chi connectivity index (χ3n) is 2.33. The lowest BCUT2D eigenvalue weighted by Gasteiger charge is -2.04. The number of nitrogens with zero attached hydrogens (tertiary/aromatic N) is 2. The monoisotopic (exact) mass is 253 g/mol. The molecule has 1 heterocycles. The number of rotatable bonds is 7. The van der Waals surface area contributed by atoms with Crippen LogP contribution >= 0.6 is 0 Å². The van der Waals surface area contributed by atoms with Crippen molar-refractivity contribution < 1.29 is 14.3 Å². The van der Waals surface area contributed by atoms with Crippen LogP contribution in [0.25, 0.3) is 0 Å². The Bertz CT molecular complexity index is 401. The Morgan fingerprint density at radius 2 is 2.22 bits per heavy atom. The van der Waals surface area contributed by atoms with Crippen LogP contribution < -0.4 is 5.32 Å². The van der Waals surface area contributed by atoms with Gasteiger partial charge in [-0.05, 0) is 13.0 Å². The summed E-state index contributed by atoms with van der Waals surface area (Å²) in [6.07, 6.45) is 2.84. The van der Waals surface area contributed by atoms with Gasteiger partial charge in [0.15, 0.2) is 0 Å². The van der Waals surface area contributed by atoms with Gasteiger partial charge in [0.1, 0.15) is 0 Å². The van der Waals surface area contributed by atoms with Crippen molar-refractivity contribution in [2.45, 2.75) is 26.2 Å². The zero-order valence-corrected chi connectivity index (χ0v) is 10.8. The summed E-state index contributed by atoms with van der Waals surface area (Å²) < 4.78 is 6.46. The number of hydrogen-bond acceptors (Lipinski definition) is 4. The average molecular weight is 253 g/mol. The molecule has 0 spiro atoms. The molecule has 1 amide bonds. The summed E-state index contributed by atoms with van der Waals surface area (Å²) in [4.78, 5) is 22.4. The van der Waals surface area contributed by atoms with Crippen LogP contribution in [0.1, 0.15) is 25.5 Å². The fourth-order valence-corrected chi connectivity index (χ4v) is 1.46. The lowest BCUT2D eigenvalue weighted by atomic mass is 10.2. The summed E-state index contributed by atoms with van der Waals surface area (Å²) in [5.41, 5.74) is 0.934. The summed E-state index contributed by atoms with van der Waals surface area (Å²) in [5, 5.41) is 6.94. The molecule has 100 valence electrons. The maximum Gasteiger partial charge on any atom is 0.306 e. The molecule has 1 aromatic heterocycles. The number of nitrogens with one attached hydrogen (secondary N) is 1. The predicted molar refractivity (Wildman–Crippen MR) is 65.8 cm³/mol. The molecular formula is C12H19N3O3. The molecule has 1 aromatic rings. The molecule has 0 aliphatic heterocycles. The Labute approximate surface area is 106 Å². The fraction of sp³-hybridized carbons (Fsp3) is 0.583. The normalized spacial score (nSPS) is 10.1. The van der Waals surface area contributed by atoms with E-state index in [2.05, 4.69) is 10.4 Å². The highest BCUT2D eigenvalue weighted by Crippen LogP contribution is 1.96. The first-order valence-electron chi connectivity index (χ1n) is 6.02. The Morgan fingerprint density at radius 1 is 1.44 bits per heavy atom. The van der Waals surface area contributed by atoms with Crippen LogP contribution in [0, 0.1) is 0 Å². The van der Waals surface area contributed by atoms with Gasteiger partial charge in [-0.1, -0.05) is 0 Å². The van der Waals surface area contributed by atoms with Crippen LogP contribution in [0.3, 0.4) is 0 Å². The molecular weight excluding hydrogens is 234 g/mol. The van der Waals surface area contributed by atoms with Crippen molar-refractivity contribution in [2.24, 2.45) is 7.05 Å². The van der Waals surface area contributed by atoms with Gasteiger partial charge in [0.2, 0.25) is 5.91 Å². The SMILES string of the molecule is CCOC(=O)CCC(=O)NCCc1ccn(C)n1. The lowest BCUT2D eigenvalue weighted by molar-refractivity contribution is -0.144. The van der Waals surface area contributed by atoms with Crippen LogP contribution in [0.2, 0.25) is 0 Å². The van der Waals surface area contributed by atoms with Gasteiger partial charge in [-0.25, -0.2) is 0 Å². The van der Waals surface area contributed by atoms with E-state index in [1.807, 2.05) is 19.3 Å². The first-order chi connectivity index (χ1) is 8.61. The van der Waals surface area contributed by atoms with Crippen molar-refractivity contribution in [3.8, 4) is 0 Å². The molecule has 18 heavy (non-hydrogen) atoms. The number of aromatic nitrogens is 2. The van der Waals surface area contributed by atoms with Gasteiger partial charge in [0.05, 0.1) is 18.7 Å². The molecule has 1 N–H and O–H groups in total. The van der Waals surface area contributed by atoms with Gasteiger partial charge in [-0.3, -0.25) is 14.3 Å². The summed E-state index contributed by atoms with van der Waals surface area (Å²) in [6.45, 7) is 2.61. The topological polar surface area (TPSA) is 73.2 Å². The molecule has 0 aliphatic rings. The molecule has 1 rings (SSSR count). The van der Waals surface area contributed by atoms with E-state index >= 15 is 0 Å². The van der Waals surface area contributed by atoms with Crippen molar-refractivity contribution in [1.82, 2.24) is 15.1 Å². The van der Waals surface area contributed by atoms with E-state index in [4.69, 9.17) is 4.74 Å². The molecule has 0 radical (unpaired) electrons. The third-order valence-corrected chi connectivity index (χ3v) is 2.33. The highest BCUT2D eigenvalue weighted by atomic mass is 16.5. The first kappa shape index (κ1) is 14.2. The molecule has 0 bridgehead atoms.